The van der Waals surface area contributed by atoms with Crippen molar-refractivity contribution in [3.63, 3.8) is 0 Å². The standard InChI is InChI=1S/C14H23N5O5/c1-4-16-13-12(9(2)21)18-7-19(13)8-24-11(10(22)6-20)5-17-14(23)15-3/h4,7,10-11,20,22H,5-6,8H2,1-3H3,(H2,15,17,23)/b16-4-/t10?,11-/m1/s1. The van der Waals surface area contributed by atoms with Crippen LogP contribution in [-0.2, 0) is 11.5 Å². The number of aromatic nitrogens is 2. The number of imidazole rings is 1. The summed E-state index contributed by atoms with van der Waals surface area (Å²) in [4.78, 5) is 30.9. The van der Waals surface area contributed by atoms with E-state index in [9.17, 15) is 14.7 Å². The number of hydrogen-bond donors (Lipinski definition) is 4. The number of nitrogens with one attached hydrogen (secondary N) is 2. The third kappa shape index (κ3) is 5.41. The Labute approximate surface area is 139 Å². The first-order chi connectivity index (χ1) is 11.4. The number of amides is 2. The van der Waals surface area contributed by atoms with Gasteiger partial charge in [-0.2, -0.15) is 0 Å². The lowest BCUT2D eigenvalue weighted by Crippen LogP contribution is -2.45. The van der Waals surface area contributed by atoms with Crippen molar-refractivity contribution in [2.45, 2.75) is 32.8 Å². The molecule has 10 nitrogen and oxygen atoms in total. The highest BCUT2D eigenvalue weighted by molar-refractivity contribution is 5.96. The summed E-state index contributed by atoms with van der Waals surface area (Å²) in [5.41, 5.74) is 0.208. The van der Waals surface area contributed by atoms with Crippen LogP contribution >= 0.6 is 0 Å². The summed E-state index contributed by atoms with van der Waals surface area (Å²) in [5, 5.41) is 23.8. The van der Waals surface area contributed by atoms with Gasteiger partial charge in [0.1, 0.15) is 18.9 Å². The fourth-order valence-corrected chi connectivity index (χ4v) is 1.86. The molecule has 0 aromatic carbocycles. The van der Waals surface area contributed by atoms with Gasteiger partial charge in [-0.25, -0.2) is 14.8 Å². The first kappa shape index (κ1) is 19.7. The van der Waals surface area contributed by atoms with Crippen molar-refractivity contribution in [2.24, 2.45) is 4.99 Å². The number of Topliss-reactive ketones (excluding diaryl/α,β-unsaturated/α-hetero) is 1. The molecular weight excluding hydrogens is 318 g/mol. The maximum Gasteiger partial charge on any atom is 0.314 e. The Morgan fingerprint density at radius 1 is 1.54 bits per heavy atom. The van der Waals surface area contributed by atoms with E-state index in [-0.39, 0.29) is 24.8 Å². The van der Waals surface area contributed by atoms with Crippen LogP contribution in [0.25, 0.3) is 0 Å². The van der Waals surface area contributed by atoms with E-state index in [4.69, 9.17) is 9.84 Å². The lowest BCUT2D eigenvalue weighted by Gasteiger charge is -2.22. The molecule has 0 aliphatic heterocycles. The summed E-state index contributed by atoms with van der Waals surface area (Å²) < 4.78 is 7.03. The Balaban J connectivity index is 2.82. The fourth-order valence-electron chi connectivity index (χ4n) is 1.86. The minimum Gasteiger partial charge on any atom is -0.394 e. The molecule has 0 aliphatic rings. The van der Waals surface area contributed by atoms with Gasteiger partial charge in [0.2, 0.25) is 0 Å². The number of hydrogen-bond acceptors (Lipinski definition) is 7. The highest BCUT2D eigenvalue weighted by Crippen LogP contribution is 2.19. The normalized spacial score (nSPS) is 13.7. The van der Waals surface area contributed by atoms with E-state index in [2.05, 4.69) is 20.6 Å². The molecule has 1 heterocycles. The van der Waals surface area contributed by atoms with Crippen LogP contribution in [0.5, 0.6) is 0 Å². The average molecular weight is 341 g/mol. The maximum atomic E-state index is 11.5. The SMILES string of the molecule is C/C=N\c1c(C(C)=O)ncn1CO[C@H](CNC(=O)NC)C(O)CO. The van der Waals surface area contributed by atoms with Crippen LogP contribution in [0.1, 0.15) is 24.3 Å². The summed E-state index contributed by atoms with van der Waals surface area (Å²) in [5.74, 6) is 0.101. The minimum absolute atomic E-state index is 0.0119. The summed E-state index contributed by atoms with van der Waals surface area (Å²) in [6.07, 6.45) is 0.880. The number of aliphatic hydroxyl groups is 2. The molecule has 0 radical (unpaired) electrons. The van der Waals surface area contributed by atoms with E-state index in [1.54, 1.807) is 6.92 Å². The summed E-state index contributed by atoms with van der Waals surface area (Å²) in [6.45, 7) is 2.48. The van der Waals surface area contributed by atoms with Crippen molar-refractivity contribution in [1.29, 1.82) is 0 Å². The maximum absolute atomic E-state index is 11.5. The van der Waals surface area contributed by atoms with Crippen LogP contribution in [0, 0.1) is 0 Å². The molecule has 2 amide bonds. The zero-order valence-electron chi connectivity index (χ0n) is 13.9. The number of aliphatic hydroxyl groups excluding tert-OH is 2. The molecule has 0 saturated heterocycles. The molecule has 0 fully saturated rings. The second-order valence-electron chi connectivity index (χ2n) is 4.87. The van der Waals surface area contributed by atoms with E-state index in [1.807, 2.05) is 0 Å². The molecule has 1 aromatic rings. The molecule has 0 bridgehead atoms. The van der Waals surface area contributed by atoms with E-state index >= 15 is 0 Å². The number of nitrogens with zero attached hydrogens (tertiary/aromatic N) is 3. The molecule has 1 aromatic heterocycles. The number of ether oxygens (including phenoxy) is 1. The monoisotopic (exact) mass is 341 g/mol. The Morgan fingerprint density at radius 2 is 2.25 bits per heavy atom. The molecule has 0 spiro atoms. The minimum atomic E-state index is -1.18. The van der Waals surface area contributed by atoms with Crippen LogP contribution < -0.4 is 10.6 Å². The largest absolute Gasteiger partial charge is 0.394 e. The number of carbonyl (C=O) groups excluding carboxylic acids is 2. The molecule has 0 aliphatic carbocycles. The Kier molecular flexibility index (Phi) is 8.02. The molecule has 0 saturated carbocycles. The summed E-state index contributed by atoms with van der Waals surface area (Å²) in [7, 11) is 1.46. The van der Waals surface area contributed by atoms with Crippen molar-refractivity contribution in [3.05, 3.63) is 12.0 Å². The smallest absolute Gasteiger partial charge is 0.314 e. The molecule has 1 unspecified atom stereocenters. The fraction of sp³-hybridized carbons (Fsp3) is 0.571. The molecular formula is C14H23N5O5. The Hall–Kier alpha value is -2.30. The molecule has 134 valence electrons. The van der Waals surface area contributed by atoms with Gasteiger partial charge >= 0.3 is 6.03 Å². The van der Waals surface area contributed by atoms with Crippen LogP contribution in [0.15, 0.2) is 11.3 Å². The predicted molar refractivity (Wildman–Crippen MR) is 86.5 cm³/mol. The third-order valence-corrected chi connectivity index (χ3v) is 3.13. The number of rotatable bonds is 9. The lowest BCUT2D eigenvalue weighted by atomic mass is 10.2. The van der Waals surface area contributed by atoms with Gasteiger partial charge in [-0.3, -0.25) is 9.36 Å². The van der Waals surface area contributed by atoms with Crippen molar-refractivity contribution in [2.75, 3.05) is 20.2 Å². The Bertz CT molecular complexity index is 586. The lowest BCUT2D eigenvalue weighted by molar-refractivity contribution is -0.0777. The predicted octanol–water partition coefficient (Wildman–Crippen LogP) is -0.567. The average Bonchev–Trinajstić information content (AvgIpc) is 2.97. The second-order valence-corrected chi connectivity index (χ2v) is 4.87. The van der Waals surface area contributed by atoms with Gasteiger partial charge in [0.15, 0.2) is 17.3 Å². The van der Waals surface area contributed by atoms with Gasteiger partial charge in [-0.1, -0.05) is 0 Å². The van der Waals surface area contributed by atoms with E-state index in [0.717, 1.165) is 0 Å². The Morgan fingerprint density at radius 3 is 2.79 bits per heavy atom. The van der Waals surface area contributed by atoms with E-state index in [1.165, 1.54) is 31.1 Å². The van der Waals surface area contributed by atoms with Crippen molar-refractivity contribution in [1.82, 2.24) is 20.2 Å². The zero-order chi connectivity index (χ0) is 18.1. The molecule has 10 heteroatoms. The van der Waals surface area contributed by atoms with Crippen molar-refractivity contribution < 1.29 is 24.5 Å². The van der Waals surface area contributed by atoms with Crippen LogP contribution in [-0.4, -0.2) is 70.2 Å². The third-order valence-electron chi connectivity index (χ3n) is 3.13. The van der Waals surface area contributed by atoms with Gasteiger partial charge < -0.3 is 25.6 Å². The van der Waals surface area contributed by atoms with Gasteiger partial charge in [-0.15, -0.1) is 0 Å². The second kappa shape index (κ2) is 9.75. The van der Waals surface area contributed by atoms with Gasteiger partial charge in [0.25, 0.3) is 0 Å². The first-order valence-corrected chi connectivity index (χ1v) is 7.35. The quantitative estimate of drug-likeness (QED) is 0.351. The topological polar surface area (TPSA) is 138 Å². The van der Waals surface area contributed by atoms with Crippen molar-refractivity contribution >= 4 is 23.8 Å². The zero-order valence-corrected chi connectivity index (χ0v) is 13.9. The number of urea groups is 1. The van der Waals surface area contributed by atoms with Gasteiger partial charge in [0, 0.05) is 26.7 Å². The van der Waals surface area contributed by atoms with E-state index in [0.29, 0.717) is 5.82 Å². The number of aliphatic imine (C=N–C) groups is 1. The van der Waals surface area contributed by atoms with Crippen LogP contribution in [0.3, 0.4) is 0 Å². The van der Waals surface area contributed by atoms with E-state index < -0.39 is 24.8 Å². The highest BCUT2D eigenvalue weighted by Gasteiger charge is 2.21. The first-order valence-electron chi connectivity index (χ1n) is 7.35. The number of ketones is 1. The molecule has 2 atom stereocenters. The molecule has 4 N–H and O–H groups in total. The summed E-state index contributed by atoms with van der Waals surface area (Å²) >= 11 is 0. The summed E-state index contributed by atoms with van der Waals surface area (Å²) in [6, 6.07) is -0.438. The van der Waals surface area contributed by atoms with Gasteiger partial charge in [0.05, 0.1) is 12.9 Å². The van der Waals surface area contributed by atoms with Gasteiger partial charge in [-0.05, 0) is 6.92 Å². The van der Waals surface area contributed by atoms with Crippen molar-refractivity contribution in [3.8, 4) is 0 Å². The van der Waals surface area contributed by atoms with Crippen LogP contribution in [0.4, 0.5) is 10.6 Å². The molecule has 1 rings (SSSR count). The molecule has 24 heavy (non-hydrogen) atoms. The highest BCUT2D eigenvalue weighted by atomic mass is 16.5. The van der Waals surface area contributed by atoms with Crippen LogP contribution in [0.2, 0.25) is 0 Å². The number of carbonyl (C=O) groups is 2.